The SMILES string of the molecule is CC(=O)C[C@H](CCN1CCCC(F)(F)C1)NC(=O)c1cn(-c2ccccc2C(F)(F)F)c(C2CC(F)(F)C2)n1. The van der Waals surface area contributed by atoms with Gasteiger partial charge in [-0.1, -0.05) is 12.1 Å². The van der Waals surface area contributed by atoms with Gasteiger partial charge in [-0.15, -0.1) is 0 Å². The number of likely N-dealkylation sites (tertiary alicyclic amines) is 1. The second-order valence-corrected chi connectivity index (χ2v) is 10.4. The molecule has 1 N–H and O–H groups in total. The van der Waals surface area contributed by atoms with Gasteiger partial charge in [0.2, 0.25) is 5.92 Å². The number of halogens is 7. The molecule has 1 aliphatic carbocycles. The van der Waals surface area contributed by atoms with Crippen molar-refractivity contribution in [1.29, 1.82) is 0 Å². The Hall–Kier alpha value is -2.96. The van der Waals surface area contributed by atoms with E-state index in [1.54, 1.807) is 4.90 Å². The summed E-state index contributed by atoms with van der Waals surface area (Å²) in [5.74, 6) is -7.82. The molecule has 2 aliphatic rings. The molecule has 2 fully saturated rings. The first-order valence-electron chi connectivity index (χ1n) is 12.7. The van der Waals surface area contributed by atoms with Crippen LogP contribution >= 0.6 is 0 Å². The van der Waals surface area contributed by atoms with Crippen molar-refractivity contribution in [1.82, 2.24) is 19.8 Å². The van der Waals surface area contributed by atoms with Crippen LogP contribution in [0.3, 0.4) is 0 Å². The number of aromatic nitrogens is 2. The number of alkyl halides is 7. The summed E-state index contributed by atoms with van der Waals surface area (Å²) in [5, 5.41) is 2.63. The number of hydrogen-bond acceptors (Lipinski definition) is 4. The number of carbonyl (C=O) groups excluding carboxylic acids is 2. The third-order valence-electron chi connectivity index (χ3n) is 7.02. The molecule has 0 radical (unpaired) electrons. The fourth-order valence-electron chi connectivity index (χ4n) is 5.16. The zero-order valence-electron chi connectivity index (χ0n) is 21.2. The van der Waals surface area contributed by atoms with Gasteiger partial charge in [-0.25, -0.2) is 22.5 Å². The van der Waals surface area contributed by atoms with Crippen molar-refractivity contribution in [3.05, 3.63) is 47.5 Å². The van der Waals surface area contributed by atoms with Gasteiger partial charge >= 0.3 is 6.18 Å². The van der Waals surface area contributed by atoms with Crippen LogP contribution in [0.25, 0.3) is 5.69 Å². The summed E-state index contributed by atoms with van der Waals surface area (Å²) >= 11 is 0. The molecule has 0 unspecified atom stereocenters. The lowest BCUT2D eigenvalue weighted by Gasteiger charge is -2.34. The Bertz CT molecular complexity index is 1200. The number of para-hydroxylation sites is 1. The minimum absolute atomic E-state index is 0.0880. The maximum atomic E-state index is 13.8. The second-order valence-electron chi connectivity index (χ2n) is 10.4. The molecule has 1 aromatic heterocycles. The highest BCUT2D eigenvalue weighted by Crippen LogP contribution is 2.48. The average molecular weight is 563 g/mol. The number of ketones is 1. The molecule has 1 amide bonds. The van der Waals surface area contributed by atoms with Crippen LogP contribution in [-0.2, 0) is 11.0 Å². The molecule has 2 aromatic rings. The van der Waals surface area contributed by atoms with Crippen LogP contribution in [0.15, 0.2) is 30.5 Å². The molecule has 0 bridgehead atoms. The topological polar surface area (TPSA) is 67.2 Å². The Morgan fingerprint density at radius 1 is 1.13 bits per heavy atom. The molecule has 39 heavy (non-hydrogen) atoms. The van der Waals surface area contributed by atoms with E-state index in [9.17, 15) is 40.3 Å². The van der Waals surface area contributed by atoms with Gasteiger partial charge in [0.25, 0.3) is 11.8 Å². The van der Waals surface area contributed by atoms with Crippen LogP contribution in [0.2, 0.25) is 0 Å². The lowest BCUT2D eigenvalue weighted by Crippen LogP contribution is -2.45. The standard InChI is InChI=1S/C26H29F7N4O2/c1-16(38)11-18(7-10-36-9-4-8-24(27,28)15-36)34-23(39)20-14-37(22(35-20)17-12-25(29,30)13-17)21-6-3-2-5-19(21)26(31,32)33/h2-3,5-6,14,17-18H,4,7-13,15H2,1H3,(H,34,39)/t18-/m0/s1. The fraction of sp³-hybridized carbons (Fsp3) is 0.577. The predicted octanol–water partition coefficient (Wildman–Crippen LogP) is 5.60. The number of nitrogens with one attached hydrogen (secondary N) is 1. The quantitative estimate of drug-likeness (QED) is 0.404. The summed E-state index contributed by atoms with van der Waals surface area (Å²) in [4.78, 5) is 30.6. The number of amides is 1. The molecule has 4 rings (SSSR count). The molecule has 1 saturated carbocycles. The molecule has 2 heterocycles. The molecule has 1 saturated heterocycles. The number of carbonyl (C=O) groups is 2. The van der Waals surface area contributed by atoms with Crippen molar-refractivity contribution in [2.24, 2.45) is 0 Å². The Kier molecular flexibility index (Phi) is 8.11. The lowest BCUT2D eigenvalue weighted by molar-refractivity contribution is -0.137. The van der Waals surface area contributed by atoms with E-state index in [4.69, 9.17) is 0 Å². The summed E-state index contributed by atoms with van der Waals surface area (Å²) in [6.07, 6.45) is -4.71. The fourth-order valence-corrected chi connectivity index (χ4v) is 5.16. The van der Waals surface area contributed by atoms with E-state index in [-0.39, 0.29) is 48.8 Å². The monoisotopic (exact) mass is 562 g/mol. The first-order valence-corrected chi connectivity index (χ1v) is 12.7. The zero-order valence-corrected chi connectivity index (χ0v) is 21.2. The smallest absolute Gasteiger partial charge is 0.347 e. The molecule has 214 valence electrons. The van der Waals surface area contributed by atoms with Gasteiger partial charge < -0.3 is 9.88 Å². The van der Waals surface area contributed by atoms with Crippen LogP contribution < -0.4 is 5.32 Å². The highest BCUT2D eigenvalue weighted by molar-refractivity contribution is 5.93. The van der Waals surface area contributed by atoms with E-state index < -0.39 is 60.8 Å². The van der Waals surface area contributed by atoms with Gasteiger partial charge in [-0.2, -0.15) is 13.2 Å². The van der Waals surface area contributed by atoms with Crippen molar-refractivity contribution in [2.45, 2.75) is 75.4 Å². The highest BCUT2D eigenvalue weighted by Gasteiger charge is 2.48. The number of imidazole rings is 1. The van der Waals surface area contributed by atoms with E-state index in [1.807, 2.05) is 0 Å². The zero-order chi connectivity index (χ0) is 28.6. The second kappa shape index (κ2) is 10.9. The van der Waals surface area contributed by atoms with E-state index in [0.717, 1.165) is 16.8 Å². The highest BCUT2D eigenvalue weighted by atomic mass is 19.4. The number of hydrogen-bond donors (Lipinski definition) is 1. The summed E-state index contributed by atoms with van der Waals surface area (Å²) in [5.41, 5.74) is -1.67. The largest absolute Gasteiger partial charge is 0.418 e. The van der Waals surface area contributed by atoms with Crippen LogP contribution in [0.4, 0.5) is 30.7 Å². The Morgan fingerprint density at radius 3 is 2.44 bits per heavy atom. The number of Topliss-reactive ketones (excluding diaryl/α,β-unsaturated/α-hetero) is 1. The molecular weight excluding hydrogens is 533 g/mol. The Labute approximate surface area is 220 Å². The van der Waals surface area contributed by atoms with Gasteiger partial charge in [-0.05, 0) is 38.4 Å². The van der Waals surface area contributed by atoms with Gasteiger partial charge in [0.05, 0.1) is 17.8 Å². The summed E-state index contributed by atoms with van der Waals surface area (Å²) < 4.78 is 97.0. The summed E-state index contributed by atoms with van der Waals surface area (Å²) in [6.45, 7) is 1.54. The molecule has 1 atom stereocenters. The van der Waals surface area contributed by atoms with Crippen molar-refractivity contribution in [3.8, 4) is 5.69 Å². The van der Waals surface area contributed by atoms with Crippen molar-refractivity contribution < 1.29 is 40.3 Å². The minimum Gasteiger partial charge on any atom is -0.347 e. The molecule has 0 spiro atoms. The van der Waals surface area contributed by atoms with Crippen LogP contribution in [0.1, 0.15) is 73.2 Å². The summed E-state index contributed by atoms with van der Waals surface area (Å²) in [6, 6.07) is 3.82. The van der Waals surface area contributed by atoms with Gasteiger partial charge in [0.15, 0.2) is 0 Å². The Morgan fingerprint density at radius 2 is 1.82 bits per heavy atom. The number of benzene rings is 1. The van der Waals surface area contributed by atoms with Crippen molar-refractivity contribution in [3.63, 3.8) is 0 Å². The van der Waals surface area contributed by atoms with Crippen molar-refractivity contribution in [2.75, 3.05) is 19.6 Å². The number of piperidine rings is 1. The van der Waals surface area contributed by atoms with Crippen LogP contribution in [0, 0.1) is 0 Å². The lowest BCUT2D eigenvalue weighted by atomic mass is 9.80. The van der Waals surface area contributed by atoms with E-state index >= 15 is 0 Å². The maximum Gasteiger partial charge on any atom is 0.418 e. The van der Waals surface area contributed by atoms with E-state index in [0.29, 0.717) is 13.0 Å². The molecule has 6 nitrogen and oxygen atoms in total. The van der Waals surface area contributed by atoms with Crippen molar-refractivity contribution >= 4 is 11.7 Å². The van der Waals surface area contributed by atoms with Gasteiger partial charge in [0.1, 0.15) is 17.3 Å². The third-order valence-corrected chi connectivity index (χ3v) is 7.02. The Balaban J connectivity index is 1.57. The third kappa shape index (κ3) is 7.17. The molecule has 1 aromatic carbocycles. The first kappa shape index (κ1) is 29.0. The van der Waals surface area contributed by atoms with Crippen LogP contribution in [-0.4, -0.2) is 63.7 Å². The van der Waals surface area contributed by atoms with Crippen LogP contribution in [0.5, 0.6) is 0 Å². The first-order chi connectivity index (χ1) is 18.1. The molecule has 1 aliphatic heterocycles. The maximum absolute atomic E-state index is 13.8. The molecule has 13 heteroatoms. The normalized spacial score (nSPS) is 20.3. The predicted molar refractivity (Wildman–Crippen MR) is 127 cm³/mol. The average Bonchev–Trinajstić information content (AvgIpc) is 3.25. The molecular formula is C26H29F7N4O2. The minimum atomic E-state index is -4.75. The number of rotatable bonds is 9. The summed E-state index contributed by atoms with van der Waals surface area (Å²) in [7, 11) is 0. The van der Waals surface area contributed by atoms with E-state index in [2.05, 4.69) is 10.3 Å². The van der Waals surface area contributed by atoms with Gasteiger partial charge in [0, 0.05) is 50.4 Å². The number of nitrogens with zero attached hydrogens (tertiary/aromatic N) is 3. The van der Waals surface area contributed by atoms with E-state index in [1.165, 1.54) is 25.1 Å². The van der Waals surface area contributed by atoms with Gasteiger partial charge in [-0.3, -0.25) is 14.5 Å².